The Bertz CT molecular complexity index is 661. The first-order valence-corrected chi connectivity index (χ1v) is 7.64. The average Bonchev–Trinajstić information content (AvgIpc) is 2.91. The fourth-order valence-electron chi connectivity index (χ4n) is 1.66. The summed E-state index contributed by atoms with van der Waals surface area (Å²) in [5.74, 6) is -1.06. The second-order valence-corrected chi connectivity index (χ2v) is 6.07. The number of nitrogens with one attached hydrogen (secondary N) is 2. The smallest absolute Gasteiger partial charge is 0.335 e. The number of halogens is 1. The van der Waals surface area contributed by atoms with Gasteiger partial charge >= 0.3 is 12.0 Å². The molecule has 21 heavy (non-hydrogen) atoms. The summed E-state index contributed by atoms with van der Waals surface area (Å²) in [6.07, 6.45) is 1.67. The lowest BCUT2D eigenvalue weighted by Crippen LogP contribution is -2.31. The SMILES string of the molecule is CC(NC(=O)Nc1cc(Br)cc(C(=O)O)c1)c1nccs1. The molecule has 3 N–H and O–H groups in total. The van der Waals surface area contributed by atoms with E-state index in [0.29, 0.717) is 10.2 Å². The molecule has 0 aliphatic carbocycles. The number of carbonyl (C=O) groups excluding carboxylic acids is 1. The summed E-state index contributed by atoms with van der Waals surface area (Å²) in [4.78, 5) is 27.0. The molecule has 1 atom stereocenters. The van der Waals surface area contributed by atoms with E-state index in [-0.39, 0.29) is 11.6 Å². The Labute approximate surface area is 133 Å². The van der Waals surface area contributed by atoms with Crippen molar-refractivity contribution in [1.82, 2.24) is 10.3 Å². The lowest BCUT2D eigenvalue weighted by atomic mass is 10.2. The third kappa shape index (κ3) is 4.27. The van der Waals surface area contributed by atoms with Crippen molar-refractivity contribution in [2.24, 2.45) is 0 Å². The van der Waals surface area contributed by atoms with Gasteiger partial charge in [0, 0.05) is 21.7 Å². The Morgan fingerprint density at radius 3 is 2.76 bits per heavy atom. The minimum Gasteiger partial charge on any atom is -0.478 e. The van der Waals surface area contributed by atoms with E-state index in [1.54, 1.807) is 12.3 Å². The number of rotatable bonds is 4. The fraction of sp³-hybridized carbons (Fsp3) is 0.154. The lowest BCUT2D eigenvalue weighted by molar-refractivity contribution is 0.0697. The standard InChI is InChI=1S/C13H12BrN3O3S/c1-7(11-15-2-3-21-11)16-13(20)17-10-5-8(12(18)19)4-9(14)6-10/h2-7H,1H3,(H,18,19)(H2,16,17,20). The van der Waals surface area contributed by atoms with Gasteiger partial charge in [-0.2, -0.15) is 0 Å². The molecule has 0 aliphatic heterocycles. The second kappa shape index (κ2) is 6.68. The summed E-state index contributed by atoms with van der Waals surface area (Å²) in [5.41, 5.74) is 0.485. The zero-order valence-electron chi connectivity index (χ0n) is 11.0. The molecule has 1 aromatic heterocycles. The number of carbonyl (C=O) groups is 2. The van der Waals surface area contributed by atoms with Crippen LogP contribution in [-0.2, 0) is 0 Å². The highest BCUT2D eigenvalue weighted by Crippen LogP contribution is 2.20. The molecule has 0 bridgehead atoms. The van der Waals surface area contributed by atoms with Crippen LogP contribution in [-0.4, -0.2) is 22.1 Å². The number of aromatic nitrogens is 1. The molecule has 8 heteroatoms. The summed E-state index contributed by atoms with van der Waals surface area (Å²) in [6, 6.07) is 3.83. The number of urea groups is 1. The Hall–Kier alpha value is -1.93. The van der Waals surface area contributed by atoms with Crippen LogP contribution in [0.4, 0.5) is 10.5 Å². The Morgan fingerprint density at radius 2 is 2.14 bits per heavy atom. The Kier molecular flexibility index (Phi) is 4.92. The quantitative estimate of drug-likeness (QED) is 0.768. The maximum Gasteiger partial charge on any atom is 0.335 e. The van der Waals surface area contributed by atoms with Gasteiger partial charge in [0.25, 0.3) is 0 Å². The van der Waals surface area contributed by atoms with Crippen LogP contribution in [0.2, 0.25) is 0 Å². The summed E-state index contributed by atoms with van der Waals surface area (Å²) < 4.78 is 0.575. The number of amides is 2. The van der Waals surface area contributed by atoms with Crippen LogP contribution in [0.15, 0.2) is 34.2 Å². The summed E-state index contributed by atoms with van der Waals surface area (Å²) in [5, 5.41) is 16.9. The monoisotopic (exact) mass is 369 g/mol. The highest BCUT2D eigenvalue weighted by molar-refractivity contribution is 9.10. The van der Waals surface area contributed by atoms with Gasteiger partial charge in [0.1, 0.15) is 5.01 Å². The van der Waals surface area contributed by atoms with Crippen LogP contribution in [0.5, 0.6) is 0 Å². The van der Waals surface area contributed by atoms with E-state index in [1.807, 2.05) is 12.3 Å². The highest BCUT2D eigenvalue weighted by atomic mass is 79.9. The number of benzene rings is 1. The number of hydrogen-bond donors (Lipinski definition) is 3. The van der Waals surface area contributed by atoms with Gasteiger partial charge in [0.15, 0.2) is 0 Å². The van der Waals surface area contributed by atoms with Gasteiger partial charge in [0.2, 0.25) is 0 Å². The number of carboxylic acid groups (broad SMARTS) is 1. The molecule has 2 aromatic rings. The molecule has 6 nitrogen and oxygen atoms in total. The van der Waals surface area contributed by atoms with Crippen molar-refractivity contribution >= 4 is 45.0 Å². The first kappa shape index (κ1) is 15.5. The molecule has 0 spiro atoms. The Morgan fingerprint density at radius 1 is 1.38 bits per heavy atom. The summed E-state index contributed by atoms with van der Waals surface area (Å²) >= 11 is 4.66. The fourth-order valence-corrected chi connectivity index (χ4v) is 2.80. The molecule has 1 heterocycles. The summed E-state index contributed by atoms with van der Waals surface area (Å²) in [6.45, 7) is 1.82. The van der Waals surface area contributed by atoms with E-state index in [9.17, 15) is 9.59 Å². The number of hydrogen-bond acceptors (Lipinski definition) is 4. The minimum absolute atomic E-state index is 0.0904. The average molecular weight is 370 g/mol. The Balaban J connectivity index is 2.04. The first-order chi connectivity index (χ1) is 9.95. The number of anilines is 1. The van der Waals surface area contributed by atoms with Gasteiger partial charge in [-0.3, -0.25) is 0 Å². The molecule has 1 unspecified atom stereocenters. The predicted octanol–water partition coefficient (Wildman–Crippen LogP) is 3.49. The van der Waals surface area contributed by atoms with E-state index in [1.165, 1.54) is 23.5 Å². The molecular formula is C13H12BrN3O3S. The molecule has 2 amide bonds. The summed E-state index contributed by atoms with van der Waals surface area (Å²) in [7, 11) is 0. The van der Waals surface area contributed by atoms with Crippen LogP contribution in [0, 0.1) is 0 Å². The van der Waals surface area contributed by atoms with Gasteiger partial charge < -0.3 is 15.7 Å². The van der Waals surface area contributed by atoms with E-state index < -0.39 is 12.0 Å². The molecule has 0 saturated heterocycles. The van der Waals surface area contributed by atoms with E-state index in [4.69, 9.17) is 5.11 Å². The van der Waals surface area contributed by atoms with Gasteiger partial charge in [-0.1, -0.05) is 15.9 Å². The number of thiazole rings is 1. The van der Waals surface area contributed by atoms with E-state index in [2.05, 4.69) is 31.5 Å². The molecule has 2 rings (SSSR count). The van der Waals surface area contributed by atoms with Gasteiger partial charge in [-0.15, -0.1) is 11.3 Å². The molecule has 110 valence electrons. The van der Waals surface area contributed by atoms with Crippen LogP contribution >= 0.6 is 27.3 Å². The highest BCUT2D eigenvalue weighted by Gasteiger charge is 2.13. The normalized spacial score (nSPS) is 11.7. The lowest BCUT2D eigenvalue weighted by Gasteiger charge is -2.13. The first-order valence-electron chi connectivity index (χ1n) is 5.96. The number of carboxylic acids is 1. The van der Waals surface area contributed by atoms with Gasteiger partial charge in [-0.25, -0.2) is 14.6 Å². The van der Waals surface area contributed by atoms with Gasteiger partial charge in [-0.05, 0) is 25.1 Å². The zero-order valence-corrected chi connectivity index (χ0v) is 13.4. The van der Waals surface area contributed by atoms with Crippen molar-refractivity contribution in [3.63, 3.8) is 0 Å². The van der Waals surface area contributed by atoms with Crippen LogP contribution in [0.1, 0.15) is 28.3 Å². The topological polar surface area (TPSA) is 91.3 Å². The number of nitrogens with zero attached hydrogens (tertiary/aromatic N) is 1. The zero-order chi connectivity index (χ0) is 15.4. The molecule has 0 saturated carbocycles. The maximum atomic E-state index is 11.9. The van der Waals surface area contributed by atoms with Crippen molar-refractivity contribution in [3.05, 3.63) is 44.8 Å². The molecular weight excluding hydrogens is 358 g/mol. The van der Waals surface area contributed by atoms with Crippen LogP contribution in [0.3, 0.4) is 0 Å². The predicted molar refractivity (Wildman–Crippen MR) is 83.8 cm³/mol. The third-order valence-electron chi connectivity index (χ3n) is 2.57. The van der Waals surface area contributed by atoms with E-state index in [0.717, 1.165) is 5.01 Å². The van der Waals surface area contributed by atoms with Crippen molar-refractivity contribution in [2.75, 3.05) is 5.32 Å². The molecule has 1 aromatic carbocycles. The van der Waals surface area contributed by atoms with Crippen molar-refractivity contribution in [1.29, 1.82) is 0 Å². The number of aromatic carboxylic acids is 1. The van der Waals surface area contributed by atoms with Crippen molar-refractivity contribution in [3.8, 4) is 0 Å². The van der Waals surface area contributed by atoms with E-state index >= 15 is 0 Å². The molecule has 0 fully saturated rings. The maximum absolute atomic E-state index is 11.9. The van der Waals surface area contributed by atoms with Crippen molar-refractivity contribution < 1.29 is 14.7 Å². The third-order valence-corrected chi connectivity index (χ3v) is 3.99. The second-order valence-electron chi connectivity index (χ2n) is 4.22. The van der Waals surface area contributed by atoms with Crippen LogP contribution < -0.4 is 10.6 Å². The minimum atomic E-state index is -1.06. The van der Waals surface area contributed by atoms with Crippen LogP contribution in [0.25, 0.3) is 0 Å². The molecule has 0 radical (unpaired) electrons. The van der Waals surface area contributed by atoms with Gasteiger partial charge in [0.05, 0.1) is 11.6 Å². The largest absolute Gasteiger partial charge is 0.478 e. The molecule has 0 aliphatic rings. The van der Waals surface area contributed by atoms with Crippen molar-refractivity contribution in [2.45, 2.75) is 13.0 Å².